The van der Waals surface area contributed by atoms with Crippen molar-refractivity contribution in [3.05, 3.63) is 60.2 Å². The van der Waals surface area contributed by atoms with Crippen molar-refractivity contribution in [2.45, 2.75) is 64.2 Å². The maximum Gasteiger partial charge on any atom is 0.00313 e. The van der Waals surface area contributed by atoms with Crippen LogP contribution in [0.5, 0.6) is 0 Å². The van der Waals surface area contributed by atoms with E-state index in [0.29, 0.717) is 0 Å². The molecule has 136 valence electrons. The van der Waals surface area contributed by atoms with Crippen LogP contribution in [-0.2, 0) is 23.5 Å². The van der Waals surface area contributed by atoms with E-state index in [2.05, 4.69) is 40.2 Å². The third kappa shape index (κ3) is 15.0. The summed E-state index contributed by atoms with van der Waals surface area (Å²) in [6.07, 6.45) is 14.0. The summed E-state index contributed by atoms with van der Waals surface area (Å²) in [4.78, 5) is 0. The van der Waals surface area contributed by atoms with Gasteiger partial charge in [-0.25, -0.2) is 12.1 Å². The molecule has 2 aromatic carbocycles. The number of hydrogen-bond acceptors (Lipinski definition) is 0. The molecule has 0 aliphatic carbocycles. The summed E-state index contributed by atoms with van der Waals surface area (Å²) in [7, 11) is 0. The SMILES string of the molecule is BrCCCCCCCCCCC[c-]1cccc1.[Fe].[cH-]1[cH-][cH-][cH-][cH-]1. The molecule has 23 heavy (non-hydrogen) atoms. The monoisotopic (exact) mass is 418 g/mol. The van der Waals surface area contributed by atoms with Gasteiger partial charge in [0.2, 0.25) is 0 Å². The van der Waals surface area contributed by atoms with Gasteiger partial charge in [0.25, 0.3) is 0 Å². The Morgan fingerprint density at radius 1 is 0.609 bits per heavy atom. The van der Waals surface area contributed by atoms with Crippen molar-refractivity contribution < 1.29 is 17.1 Å². The van der Waals surface area contributed by atoms with Gasteiger partial charge in [0.15, 0.2) is 0 Å². The van der Waals surface area contributed by atoms with Gasteiger partial charge in [-0.2, -0.15) is 17.7 Å². The van der Waals surface area contributed by atoms with E-state index in [-0.39, 0.29) is 17.1 Å². The average Bonchev–Trinajstić information content (AvgIpc) is 3.25. The number of halogens is 1. The van der Waals surface area contributed by atoms with Crippen LogP contribution in [0.2, 0.25) is 0 Å². The van der Waals surface area contributed by atoms with Crippen LogP contribution in [0.4, 0.5) is 0 Å². The molecule has 0 heterocycles. The molecule has 0 atom stereocenters. The summed E-state index contributed by atoms with van der Waals surface area (Å²) < 4.78 is 0. The molecule has 0 unspecified atom stereocenters. The quantitative estimate of drug-likeness (QED) is 0.156. The van der Waals surface area contributed by atoms with Gasteiger partial charge in [-0.15, -0.1) is 0 Å². The minimum atomic E-state index is 0. The van der Waals surface area contributed by atoms with Gasteiger partial charge >= 0.3 is 0 Å². The minimum absolute atomic E-state index is 0. The zero-order chi connectivity index (χ0) is 15.7. The summed E-state index contributed by atoms with van der Waals surface area (Å²) in [5.74, 6) is 0. The standard InChI is InChI=1S/C16H26Br.C5H5.Fe/c17-15-11-7-5-3-1-2-4-6-8-12-16-13-9-10-14-16;1-2-4-5-3-1;/h9-10,13-14H,1-8,11-12,15H2;1-5H;/q-1;-5;. The molecule has 0 radical (unpaired) electrons. The molecule has 0 saturated carbocycles. The largest absolute Gasteiger partial charge is 0.748 e. The Hall–Kier alpha value is -0.301. The van der Waals surface area contributed by atoms with Crippen LogP contribution in [0.1, 0.15) is 63.4 Å². The van der Waals surface area contributed by atoms with E-state index in [1.54, 1.807) is 0 Å². The van der Waals surface area contributed by atoms with Crippen molar-refractivity contribution in [2.75, 3.05) is 5.33 Å². The Labute approximate surface area is 162 Å². The Morgan fingerprint density at radius 2 is 1.00 bits per heavy atom. The average molecular weight is 419 g/mol. The molecule has 0 fully saturated rings. The third-order valence-electron chi connectivity index (χ3n) is 3.89. The van der Waals surface area contributed by atoms with Crippen LogP contribution in [0.3, 0.4) is 0 Å². The first kappa shape index (κ1) is 22.7. The Morgan fingerprint density at radius 3 is 1.43 bits per heavy atom. The van der Waals surface area contributed by atoms with Crippen LogP contribution in [0.15, 0.2) is 54.6 Å². The first-order chi connectivity index (χ1) is 10.9. The fourth-order valence-electron chi connectivity index (χ4n) is 2.56. The van der Waals surface area contributed by atoms with E-state index in [1.807, 2.05) is 30.3 Å². The van der Waals surface area contributed by atoms with Gasteiger partial charge in [0.05, 0.1) is 0 Å². The Bertz CT molecular complexity index is 374. The fourth-order valence-corrected chi connectivity index (χ4v) is 2.96. The minimum Gasteiger partial charge on any atom is -0.748 e. The van der Waals surface area contributed by atoms with Gasteiger partial charge in [0, 0.05) is 22.4 Å². The van der Waals surface area contributed by atoms with Crippen molar-refractivity contribution >= 4 is 15.9 Å². The molecular formula is C21H31BrFe-6. The molecule has 2 heteroatoms. The van der Waals surface area contributed by atoms with Crippen LogP contribution >= 0.6 is 15.9 Å². The number of aryl methyl sites for hydroxylation is 1. The van der Waals surface area contributed by atoms with Crippen molar-refractivity contribution in [2.24, 2.45) is 0 Å². The second-order valence-electron chi connectivity index (χ2n) is 5.88. The van der Waals surface area contributed by atoms with Crippen LogP contribution < -0.4 is 0 Å². The molecule has 2 aromatic rings. The molecule has 0 amide bonds. The Balaban J connectivity index is 0.000000684. The Kier molecular flexibility index (Phi) is 17.8. The summed E-state index contributed by atoms with van der Waals surface area (Å²) in [6, 6.07) is 18.8. The van der Waals surface area contributed by atoms with Crippen LogP contribution in [-0.4, -0.2) is 5.33 Å². The normalized spacial score (nSPS) is 9.78. The smallest absolute Gasteiger partial charge is 0.00313 e. The van der Waals surface area contributed by atoms with Gasteiger partial charge in [-0.3, -0.25) is 0 Å². The second-order valence-corrected chi connectivity index (χ2v) is 6.67. The van der Waals surface area contributed by atoms with Crippen molar-refractivity contribution in [1.29, 1.82) is 0 Å². The van der Waals surface area contributed by atoms with E-state index in [4.69, 9.17) is 0 Å². The topological polar surface area (TPSA) is 0 Å². The number of unbranched alkanes of at least 4 members (excludes halogenated alkanes) is 8. The first-order valence-electron chi connectivity index (χ1n) is 8.86. The number of rotatable bonds is 11. The molecule has 0 aromatic heterocycles. The zero-order valence-corrected chi connectivity index (χ0v) is 16.9. The van der Waals surface area contributed by atoms with Crippen LogP contribution in [0.25, 0.3) is 0 Å². The van der Waals surface area contributed by atoms with Gasteiger partial charge in [-0.1, -0.05) is 73.7 Å². The summed E-state index contributed by atoms with van der Waals surface area (Å²) in [5.41, 5.74) is 1.51. The molecular weight excluding hydrogens is 388 g/mol. The van der Waals surface area contributed by atoms with Crippen molar-refractivity contribution in [1.82, 2.24) is 0 Å². The molecule has 0 bridgehead atoms. The fraction of sp³-hybridized carbons (Fsp3) is 0.524. The van der Waals surface area contributed by atoms with Crippen molar-refractivity contribution in [3.63, 3.8) is 0 Å². The predicted octanol–water partition coefficient (Wildman–Crippen LogP) is 7.26. The third-order valence-corrected chi connectivity index (χ3v) is 4.45. The summed E-state index contributed by atoms with van der Waals surface area (Å²) >= 11 is 3.48. The second kappa shape index (κ2) is 18.0. The van der Waals surface area contributed by atoms with Crippen molar-refractivity contribution in [3.8, 4) is 0 Å². The number of hydrogen-bond donors (Lipinski definition) is 0. The molecule has 0 aliphatic heterocycles. The van der Waals surface area contributed by atoms with E-state index in [0.717, 1.165) is 0 Å². The van der Waals surface area contributed by atoms with E-state index >= 15 is 0 Å². The van der Waals surface area contributed by atoms with Gasteiger partial charge < -0.3 is 30.3 Å². The predicted molar refractivity (Wildman–Crippen MR) is 103 cm³/mol. The summed E-state index contributed by atoms with van der Waals surface area (Å²) in [5, 5.41) is 1.18. The summed E-state index contributed by atoms with van der Waals surface area (Å²) in [6.45, 7) is 0. The molecule has 0 aliphatic rings. The maximum absolute atomic E-state index is 3.48. The number of alkyl halides is 1. The van der Waals surface area contributed by atoms with E-state index in [1.165, 1.54) is 75.1 Å². The zero-order valence-electron chi connectivity index (χ0n) is 14.2. The maximum atomic E-state index is 3.48. The molecule has 0 N–H and O–H groups in total. The molecule has 0 nitrogen and oxygen atoms in total. The van der Waals surface area contributed by atoms with Gasteiger partial charge in [-0.05, 0) is 6.42 Å². The first-order valence-corrected chi connectivity index (χ1v) is 9.99. The molecule has 0 spiro atoms. The van der Waals surface area contributed by atoms with E-state index < -0.39 is 0 Å². The molecule has 2 rings (SSSR count). The van der Waals surface area contributed by atoms with E-state index in [9.17, 15) is 0 Å². The molecule has 0 saturated heterocycles. The van der Waals surface area contributed by atoms with Gasteiger partial charge in [0.1, 0.15) is 0 Å². The van der Waals surface area contributed by atoms with Crippen LogP contribution in [0, 0.1) is 0 Å².